The SMILES string of the molecule is COP(=O)(OC)[C@H](NC(=O)c1cccc2ccccc12)C(Cl)(Cl)Cl. The topological polar surface area (TPSA) is 64.6 Å². The predicted octanol–water partition coefficient (Wildman–Crippen LogP) is 4.75. The molecular formula is C15H15Cl3NO4P. The van der Waals surface area contributed by atoms with Crippen molar-refractivity contribution in [2.45, 2.75) is 9.58 Å². The second-order valence-electron chi connectivity index (χ2n) is 4.85. The number of amides is 1. The van der Waals surface area contributed by atoms with Gasteiger partial charge in [-0.05, 0) is 16.8 Å². The third-order valence-corrected chi connectivity index (χ3v) is 6.72. The maximum Gasteiger partial charge on any atom is 0.356 e. The lowest BCUT2D eigenvalue weighted by atomic mass is 10.0. The second kappa shape index (κ2) is 7.61. The van der Waals surface area contributed by atoms with Crippen molar-refractivity contribution in [2.75, 3.05) is 14.2 Å². The van der Waals surface area contributed by atoms with Crippen molar-refractivity contribution in [3.63, 3.8) is 0 Å². The van der Waals surface area contributed by atoms with Gasteiger partial charge < -0.3 is 14.4 Å². The third-order valence-electron chi connectivity index (χ3n) is 3.44. The lowest BCUT2D eigenvalue weighted by Crippen LogP contribution is -2.44. The van der Waals surface area contributed by atoms with Crippen LogP contribution in [-0.4, -0.2) is 29.7 Å². The molecule has 1 N–H and O–H groups in total. The van der Waals surface area contributed by atoms with Crippen molar-refractivity contribution in [2.24, 2.45) is 0 Å². The molecule has 9 heteroatoms. The molecule has 0 aliphatic heterocycles. The summed E-state index contributed by atoms with van der Waals surface area (Å²) in [5.41, 5.74) is 0.353. The van der Waals surface area contributed by atoms with Gasteiger partial charge in [0.2, 0.25) is 3.79 Å². The standard InChI is InChI=1S/C15H15Cl3NO4P/c1-22-24(21,23-2)14(15(16,17)18)19-13(20)12-9-5-7-10-6-3-4-8-11(10)12/h3-9,14H,1-2H3,(H,19,20)/t14-/m0/s1. The number of carbonyl (C=O) groups excluding carboxylic acids is 1. The Kier molecular flexibility index (Phi) is 6.19. The summed E-state index contributed by atoms with van der Waals surface area (Å²) in [6.45, 7) is 0. The third kappa shape index (κ3) is 4.05. The summed E-state index contributed by atoms with van der Waals surface area (Å²) >= 11 is 17.6. The normalized spacial score (nSPS) is 13.7. The molecule has 0 unspecified atom stereocenters. The Morgan fingerprint density at radius 3 is 2.25 bits per heavy atom. The highest BCUT2D eigenvalue weighted by molar-refractivity contribution is 7.55. The first-order valence-corrected chi connectivity index (χ1v) is 9.54. The number of halogens is 3. The van der Waals surface area contributed by atoms with E-state index in [9.17, 15) is 9.36 Å². The van der Waals surface area contributed by atoms with Crippen LogP contribution in [0, 0.1) is 0 Å². The van der Waals surface area contributed by atoms with Crippen LogP contribution in [0.25, 0.3) is 10.8 Å². The average molecular weight is 411 g/mol. The predicted molar refractivity (Wildman–Crippen MR) is 97.1 cm³/mol. The maximum atomic E-state index is 12.7. The van der Waals surface area contributed by atoms with Crippen molar-refractivity contribution in [1.29, 1.82) is 0 Å². The smallest absolute Gasteiger partial charge is 0.334 e. The van der Waals surface area contributed by atoms with Gasteiger partial charge in [0.1, 0.15) is 0 Å². The Labute approximate surface area is 154 Å². The quantitative estimate of drug-likeness (QED) is 0.570. The largest absolute Gasteiger partial charge is 0.356 e. The van der Waals surface area contributed by atoms with Crippen LogP contribution in [0.3, 0.4) is 0 Å². The maximum absolute atomic E-state index is 12.7. The molecule has 2 rings (SSSR count). The minimum Gasteiger partial charge on any atom is -0.334 e. The fourth-order valence-corrected chi connectivity index (χ4v) is 4.69. The molecule has 0 saturated carbocycles. The minimum absolute atomic E-state index is 0.353. The van der Waals surface area contributed by atoms with Gasteiger partial charge in [-0.2, -0.15) is 0 Å². The van der Waals surface area contributed by atoms with E-state index in [1.54, 1.807) is 24.3 Å². The average Bonchev–Trinajstić information content (AvgIpc) is 2.57. The van der Waals surface area contributed by atoms with E-state index in [0.717, 1.165) is 19.6 Å². The van der Waals surface area contributed by atoms with E-state index in [2.05, 4.69) is 5.32 Å². The Morgan fingerprint density at radius 2 is 1.67 bits per heavy atom. The van der Waals surface area contributed by atoms with E-state index in [-0.39, 0.29) is 0 Å². The fourth-order valence-electron chi connectivity index (χ4n) is 2.25. The first-order valence-electron chi connectivity index (χ1n) is 6.79. The van der Waals surface area contributed by atoms with Gasteiger partial charge in [-0.15, -0.1) is 0 Å². The Hall–Kier alpha value is -0.810. The molecule has 0 fully saturated rings. The van der Waals surface area contributed by atoms with Gasteiger partial charge in [-0.1, -0.05) is 71.2 Å². The minimum atomic E-state index is -3.88. The number of nitrogens with one attached hydrogen (secondary N) is 1. The molecule has 2 aromatic carbocycles. The Balaban J connectivity index is 2.42. The highest BCUT2D eigenvalue weighted by Gasteiger charge is 2.49. The van der Waals surface area contributed by atoms with E-state index in [0.29, 0.717) is 10.9 Å². The number of rotatable bonds is 5. The lowest BCUT2D eigenvalue weighted by Gasteiger charge is -2.30. The van der Waals surface area contributed by atoms with E-state index in [4.69, 9.17) is 43.9 Å². The van der Waals surface area contributed by atoms with Crippen LogP contribution in [0.4, 0.5) is 0 Å². The van der Waals surface area contributed by atoms with Crippen molar-refractivity contribution < 1.29 is 18.4 Å². The van der Waals surface area contributed by atoms with Gasteiger partial charge in [0, 0.05) is 19.8 Å². The van der Waals surface area contributed by atoms with Crippen LogP contribution in [0.15, 0.2) is 42.5 Å². The van der Waals surface area contributed by atoms with E-state index < -0.39 is 23.1 Å². The molecule has 0 saturated heterocycles. The summed E-state index contributed by atoms with van der Waals surface area (Å²) in [5.74, 6) is -2.03. The number of carbonyl (C=O) groups is 1. The molecule has 0 radical (unpaired) electrons. The number of hydrogen-bond donors (Lipinski definition) is 1. The first-order chi connectivity index (χ1) is 11.2. The Bertz CT molecular complexity index is 780. The van der Waals surface area contributed by atoms with Gasteiger partial charge in [-0.3, -0.25) is 9.36 Å². The van der Waals surface area contributed by atoms with Crippen molar-refractivity contribution >= 4 is 59.1 Å². The summed E-state index contributed by atoms with van der Waals surface area (Å²) in [6, 6.07) is 12.5. The van der Waals surface area contributed by atoms with Crippen LogP contribution in [-0.2, 0) is 13.6 Å². The van der Waals surface area contributed by atoms with Crippen LogP contribution in [0.2, 0.25) is 0 Å². The number of fused-ring (bicyclic) bond motifs is 1. The summed E-state index contributed by atoms with van der Waals surface area (Å²) < 4.78 is 20.3. The second-order valence-corrected chi connectivity index (χ2v) is 9.54. The van der Waals surface area contributed by atoms with E-state index in [1.807, 2.05) is 18.2 Å². The van der Waals surface area contributed by atoms with Crippen LogP contribution >= 0.6 is 42.4 Å². The molecule has 130 valence electrons. The lowest BCUT2D eigenvalue weighted by molar-refractivity contribution is 0.0943. The summed E-state index contributed by atoms with van der Waals surface area (Å²) in [7, 11) is -1.57. The first kappa shape index (κ1) is 19.5. The summed E-state index contributed by atoms with van der Waals surface area (Å²) in [4.78, 5) is 12.7. The molecule has 1 amide bonds. The van der Waals surface area contributed by atoms with Crippen molar-refractivity contribution in [3.8, 4) is 0 Å². The van der Waals surface area contributed by atoms with Gasteiger partial charge in [0.15, 0.2) is 5.78 Å². The molecule has 1 atom stereocenters. The highest BCUT2D eigenvalue weighted by Crippen LogP contribution is 2.57. The van der Waals surface area contributed by atoms with E-state index in [1.165, 1.54) is 0 Å². The molecule has 0 spiro atoms. The molecule has 5 nitrogen and oxygen atoms in total. The molecule has 0 aliphatic carbocycles. The molecule has 0 bridgehead atoms. The fraction of sp³-hybridized carbons (Fsp3) is 0.267. The zero-order valence-corrected chi connectivity index (χ0v) is 16.0. The number of hydrogen-bond acceptors (Lipinski definition) is 4. The zero-order valence-electron chi connectivity index (χ0n) is 12.8. The zero-order chi connectivity index (χ0) is 18.0. The molecule has 0 aromatic heterocycles. The number of benzene rings is 2. The Morgan fingerprint density at radius 1 is 1.08 bits per heavy atom. The molecular weight excluding hydrogens is 396 g/mol. The van der Waals surface area contributed by atoms with Crippen molar-refractivity contribution in [3.05, 3.63) is 48.0 Å². The van der Waals surface area contributed by atoms with Gasteiger partial charge in [0.25, 0.3) is 5.91 Å². The molecule has 0 aliphatic rings. The van der Waals surface area contributed by atoms with Crippen molar-refractivity contribution in [1.82, 2.24) is 5.32 Å². The molecule has 24 heavy (non-hydrogen) atoms. The summed E-state index contributed by atoms with van der Waals surface area (Å²) in [6.07, 6.45) is 0. The molecule has 2 aromatic rings. The highest BCUT2D eigenvalue weighted by atomic mass is 35.6. The van der Waals surface area contributed by atoms with E-state index >= 15 is 0 Å². The molecule has 0 heterocycles. The van der Waals surface area contributed by atoms with Gasteiger partial charge >= 0.3 is 7.60 Å². The monoisotopic (exact) mass is 409 g/mol. The van der Waals surface area contributed by atoms with Crippen LogP contribution in [0.5, 0.6) is 0 Å². The number of alkyl halides is 3. The van der Waals surface area contributed by atoms with Crippen LogP contribution in [0.1, 0.15) is 10.4 Å². The summed E-state index contributed by atoms with van der Waals surface area (Å²) in [5, 5.41) is 4.05. The van der Waals surface area contributed by atoms with Gasteiger partial charge in [0.05, 0.1) is 0 Å². The van der Waals surface area contributed by atoms with Gasteiger partial charge in [-0.25, -0.2) is 0 Å². The van der Waals surface area contributed by atoms with Crippen LogP contribution < -0.4 is 5.32 Å².